The van der Waals surface area contributed by atoms with E-state index in [4.69, 9.17) is 0 Å². The minimum Gasteiger partial charge on any atom is -0.351 e. The lowest BCUT2D eigenvalue weighted by molar-refractivity contribution is 0.184. The van der Waals surface area contributed by atoms with Crippen LogP contribution in [-0.2, 0) is 5.41 Å². The normalized spacial score (nSPS) is 17.7. The molecule has 6 heteroatoms. The molecule has 1 aliphatic heterocycles. The number of nitrogens with zero attached hydrogens (tertiary/aromatic N) is 4. The van der Waals surface area contributed by atoms with Crippen LogP contribution in [0.15, 0.2) is 36.5 Å². The molecule has 1 unspecified atom stereocenters. The zero-order chi connectivity index (χ0) is 19.6. The van der Waals surface area contributed by atoms with Gasteiger partial charge < -0.3 is 15.1 Å². The number of carbonyl (C=O) groups excluding carboxylic acids is 1. The second-order valence-corrected chi connectivity index (χ2v) is 8.28. The largest absolute Gasteiger partial charge is 0.351 e. The van der Waals surface area contributed by atoms with Crippen LogP contribution in [0.25, 0.3) is 0 Å². The number of amides is 2. The lowest BCUT2D eigenvalue weighted by Crippen LogP contribution is -2.55. The number of benzene rings is 1. The molecule has 2 heterocycles. The van der Waals surface area contributed by atoms with Gasteiger partial charge in [0, 0.05) is 31.4 Å². The molecule has 1 N–H and O–H groups in total. The molecule has 6 nitrogen and oxygen atoms in total. The Morgan fingerprint density at radius 2 is 1.85 bits per heavy atom. The van der Waals surface area contributed by atoms with Crippen LogP contribution in [0, 0.1) is 6.92 Å². The fourth-order valence-electron chi connectivity index (χ4n) is 3.40. The first kappa shape index (κ1) is 19.1. The number of piperazine rings is 1. The van der Waals surface area contributed by atoms with Gasteiger partial charge in [-0.2, -0.15) is 5.10 Å². The van der Waals surface area contributed by atoms with Gasteiger partial charge in [-0.25, -0.2) is 4.79 Å². The molecule has 1 atom stereocenters. The average molecular weight is 367 g/mol. The van der Waals surface area contributed by atoms with Crippen molar-refractivity contribution in [3.63, 3.8) is 0 Å². The average Bonchev–Trinajstić information content (AvgIpc) is 2.61. The number of rotatable bonds is 2. The van der Waals surface area contributed by atoms with Gasteiger partial charge in [0.2, 0.25) is 0 Å². The maximum absolute atomic E-state index is 12.7. The maximum atomic E-state index is 12.7. The van der Waals surface area contributed by atoms with Gasteiger partial charge in [-0.1, -0.05) is 32.9 Å². The predicted molar refractivity (Wildman–Crippen MR) is 109 cm³/mol. The Morgan fingerprint density at radius 3 is 2.44 bits per heavy atom. The number of nitrogens with one attached hydrogen (secondary N) is 1. The number of hydrogen-bond donors (Lipinski definition) is 1. The first-order chi connectivity index (χ1) is 12.8. The molecule has 1 saturated heterocycles. The van der Waals surface area contributed by atoms with E-state index in [1.807, 2.05) is 30.0 Å². The first-order valence-corrected chi connectivity index (χ1v) is 9.47. The Bertz CT molecular complexity index is 797. The fourth-order valence-corrected chi connectivity index (χ4v) is 3.40. The van der Waals surface area contributed by atoms with E-state index in [-0.39, 0.29) is 17.5 Å². The van der Waals surface area contributed by atoms with Gasteiger partial charge in [-0.05, 0) is 48.6 Å². The third-order valence-electron chi connectivity index (χ3n) is 5.09. The van der Waals surface area contributed by atoms with Crippen LogP contribution in [0.5, 0.6) is 0 Å². The molecule has 1 aliphatic rings. The summed E-state index contributed by atoms with van der Waals surface area (Å²) >= 11 is 0. The summed E-state index contributed by atoms with van der Waals surface area (Å²) in [7, 11) is 0. The monoisotopic (exact) mass is 367 g/mol. The molecule has 1 fully saturated rings. The molecule has 0 saturated carbocycles. The van der Waals surface area contributed by atoms with Gasteiger partial charge in [0.15, 0.2) is 5.82 Å². The molecule has 0 aliphatic carbocycles. The van der Waals surface area contributed by atoms with Crippen molar-refractivity contribution in [3.05, 3.63) is 47.7 Å². The van der Waals surface area contributed by atoms with Crippen LogP contribution >= 0.6 is 0 Å². The van der Waals surface area contributed by atoms with Crippen LogP contribution in [-0.4, -0.2) is 46.8 Å². The second-order valence-electron chi connectivity index (χ2n) is 8.28. The van der Waals surface area contributed by atoms with E-state index in [2.05, 4.69) is 60.2 Å². The Labute approximate surface area is 161 Å². The van der Waals surface area contributed by atoms with Crippen molar-refractivity contribution >= 4 is 17.5 Å². The molecule has 2 amide bonds. The summed E-state index contributed by atoms with van der Waals surface area (Å²) in [5, 5.41) is 11.3. The van der Waals surface area contributed by atoms with Crippen molar-refractivity contribution in [3.8, 4) is 0 Å². The van der Waals surface area contributed by atoms with E-state index in [1.165, 1.54) is 5.56 Å². The maximum Gasteiger partial charge on any atom is 0.322 e. The third-order valence-corrected chi connectivity index (χ3v) is 5.09. The fraction of sp³-hybridized carbons (Fsp3) is 0.476. The molecule has 1 aromatic carbocycles. The number of anilines is 2. The van der Waals surface area contributed by atoms with E-state index >= 15 is 0 Å². The van der Waals surface area contributed by atoms with Crippen LogP contribution in [0.2, 0.25) is 0 Å². The predicted octanol–water partition coefficient (Wildman–Crippen LogP) is 3.83. The highest BCUT2D eigenvalue weighted by Crippen LogP contribution is 2.24. The van der Waals surface area contributed by atoms with E-state index < -0.39 is 0 Å². The van der Waals surface area contributed by atoms with Crippen LogP contribution in [0.4, 0.5) is 16.3 Å². The number of hydrogen-bond acceptors (Lipinski definition) is 4. The standard InChI is InChI=1S/C21H29N5O/c1-15-10-11-22-24-19(15)25-12-13-26(16(2)14-25)20(27)23-18-8-6-17(7-9-18)21(3,4)5/h6-11,16H,12-14H2,1-5H3,(H,23,27). The van der Waals surface area contributed by atoms with Crippen LogP contribution in [0.1, 0.15) is 38.8 Å². The Kier molecular flexibility index (Phi) is 5.35. The van der Waals surface area contributed by atoms with Crippen molar-refractivity contribution in [2.75, 3.05) is 29.9 Å². The van der Waals surface area contributed by atoms with Crippen molar-refractivity contribution in [1.29, 1.82) is 0 Å². The highest BCUT2D eigenvalue weighted by atomic mass is 16.2. The molecule has 3 rings (SSSR count). The van der Waals surface area contributed by atoms with Crippen LogP contribution in [0.3, 0.4) is 0 Å². The minimum absolute atomic E-state index is 0.0541. The quantitative estimate of drug-likeness (QED) is 0.876. The Balaban J connectivity index is 1.62. The van der Waals surface area contributed by atoms with Crippen molar-refractivity contribution < 1.29 is 4.79 Å². The molecule has 2 aromatic rings. The lowest BCUT2D eigenvalue weighted by atomic mass is 9.87. The van der Waals surface area contributed by atoms with Gasteiger partial charge in [0.25, 0.3) is 0 Å². The summed E-state index contributed by atoms with van der Waals surface area (Å²) in [6, 6.07) is 10.1. The van der Waals surface area contributed by atoms with Crippen LogP contribution < -0.4 is 10.2 Å². The Hall–Kier alpha value is -2.63. The Morgan fingerprint density at radius 1 is 1.15 bits per heavy atom. The third kappa shape index (κ3) is 4.38. The molecule has 0 bridgehead atoms. The van der Waals surface area contributed by atoms with Crippen molar-refractivity contribution in [2.45, 2.75) is 46.1 Å². The van der Waals surface area contributed by atoms with Crippen molar-refractivity contribution in [1.82, 2.24) is 15.1 Å². The van der Waals surface area contributed by atoms with Gasteiger partial charge in [0.1, 0.15) is 0 Å². The van der Waals surface area contributed by atoms with E-state index in [9.17, 15) is 4.79 Å². The highest BCUT2D eigenvalue weighted by Gasteiger charge is 2.29. The molecule has 0 radical (unpaired) electrons. The summed E-state index contributed by atoms with van der Waals surface area (Å²) in [6.07, 6.45) is 1.71. The zero-order valence-corrected chi connectivity index (χ0v) is 16.9. The topological polar surface area (TPSA) is 61.4 Å². The summed E-state index contributed by atoms with van der Waals surface area (Å²) in [4.78, 5) is 16.8. The molecular weight excluding hydrogens is 338 g/mol. The van der Waals surface area contributed by atoms with Gasteiger partial charge >= 0.3 is 6.03 Å². The summed E-state index contributed by atoms with van der Waals surface area (Å²) in [6.45, 7) is 12.8. The molecule has 27 heavy (non-hydrogen) atoms. The van der Waals surface area contributed by atoms with E-state index in [0.717, 1.165) is 30.2 Å². The smallest absolute Gasteiger partial charge is 0.322 e. The number of urea groups is 1. The zero-order valence-electron chi connectivity index (χ0n) is 16.9. The van der Waals surface area contributed by atoms with E-state index in [0.29, 0.717) is 6.54 Å². The van der Waals surface area contributed by atoms with Gasteiger partial charge in [0.05, 0.1) is 6.20 Å². The molecular formula is C21H29N5O. The minimum atomic E-state index is -0.0541. The number of carbonyl (C=O) groups is 1. The molecule has 0 spiro atoms. The summed E-state index contributed by atoms with van der Waals surface area (Å²) in [5.41, 5.74) is 3.29. The highest BCUT2D eigenvalue weighted by molar-refractivity contribution is 5.89. The van der Waals surface area contributed by atoms with E-state index in [1.54, 1.807) is 6.20 Å². The van der Waals surface area contributed by atoms with Crippen molar-refractivity contribution in [2.24, 2.45) is 0 Å². The van der Waals surface area contributed by atoms with Gasteiger partial charge in [-0.3, -0.25) is 0 Å². The molecule has 1 aromatic heterocycles. The first-order valence-electron chi connectivity index (χ1n) is 9.47. The molecule has 144 valence electrons. The number of aryl methyl sites for hydroxylation is 1. The number of aromatic nitrogens is 2. The summed E-state index contributed by atoms with van der Waals surface area (Å²) in [5.74, 6) is 0.905. The van der Waals surface area contributed by atoms with Gasteiger partial charge in [-0.15, -0.1) is 5.10 Å². The lowest BCUT2D eigenvalue weighted by Gasteiger charge is -2.40. The summed E-state index contributed by atoms with van der Waals surface area (Å²) < 4.78 is 0. The second kappa shape index (κ2) is 7.55. The SMILES string of the molecule is Cc1ccnnc1N1CCN(C(=O)Nc2ccc(C(C)(C)C)cc2)C(C)C1.